The van der Waals surface area contributed by atoms with E-state index in [2.05, 4.69) is 16.5 Å². The van der Waals surface area contributed by atoms with Crippen LogP contribution in [0.4, 0.5) is 0 Å². The second kappa shape index (κ2) is 11.4. The predicted molar refractivity (Wildman–Crippen MR) is 164 cm³/mol. The quantitative estimate of drug-likeness (QED) is 0.211. The number of aliphatic carboxylic acids is 2. The lowest BCUT2D eigenvalue weighted by Crippen LogP contribution is -2.10. The van der Waals surface area contributed by atoms with Gasteiger partial charge in [0.05, 0.1) is 34.6 Å². The minimum atomic E-state index is -1.20. The summed E-state index contributed by atoms with van der Waals surface area (Å²) in [6.07, 6.45) is 2.43. The normalized spacial score (nSPS) is 14.7. The Morgan fingerprint density at radius 1 is 0.930 bits per heavy atom. The molecule has 0 aromatic carbocycles. The van der Waals surface area contributed by atoms with E-state index in [0.717, 1.165) is 45.4 Å². The molecule has 8 bridgehead atoms. The molecule has 1 atom stereocenters. The molecule has 5 heterocycles. The maximum Gasteiger partial charge on any atom is 0.338 e. The van der Waals surface area contributed by atoms with Gasteiger partial charge in [-0.2, -0.15) is 0 Å². The molecule has 0 amide bonds. The minimum Gasteiger partial charge on any atom is -0.481 e. The van der Waals surface area contributed by atoms with Gasteiger partial charge in [0, 0.05) is 45.7 Å². The maximum atomic E-state index is 12.6. The molecule has 0 spiro atoms. The van der Waals surface area contributed by atoms with E-state index in [-0.39, 0.29) is 29.5 Å². The maximum absolute atomic E-state index is 12.6. The van der Waals surface area contributed by atoms with Crippen molar-refractivity contribution in [3.05, 3.63) is 81.4 Å². The highest BCUT2D eigenvalue weighted by Gasteiger charge is 2.29. The van der Waals surface area contributed by atoms with Crippen LogP contribution in [0, 0.1) is 13.8 Å². The minimum absolute atomic E-state index is 0.0366. The topological polar surface area (TPSA) is 169 Å². The zero-order valence-electron chi connectivity index (χ0n) is 24.6. The predicted octanol–water partition coefficient (Wildman–Crippen LogP) is 6.13. The Morgan fingerprint density at radius 2 is 1.65 bits per heavy atom. The van der Waals surface area contributed by atoms with Gasteiger partial charge in [0.25, 0.3) is 0 Å². The summed E-state index contributed by atoms with van der Waals surface area (Å²) in [5, 5.41) is 29.7. The van der Waals surface area contributed by atoms with E-state index in [0.29, 0.717) is 34.6 Å². The van der Waals surface area contributed by atoms with Crippen LogP contribution < -0.4 is 0 Å². The fourth-order valence-corrected chi connectivity index (χ4v) is 6.24. The Balaban J connectivity index is 2.01. The Hall–Kier alpha value is -4.99. The molecule has 3 aromatic heterocycles. The van der Waals surface area contributed by atoms with Gasteiger partial charge >= 0.3 is 17.9 Å². The molecule has 2 aliphatic rings. The number of aromatic carboxylic acids is 1. The number of nitrogens with one attached hydrogen (secondary N) is 2. The van der Waals surface area contributed by atoms with Crippen LogP contribution in [-0.4, -0.2) is 53.2 Å². The monoisotopic (exact) mass is 582 g/mol. The second-order valence-corrected chi connectivity index (χ2v) is 11.1. The summed E-state index contributed by atoms with van der Waals surface area (Å²) < 4.78 is 0. The average molecular weight is 583 g/mol. The summed E-state index contributed by atoms with van der Waals surface area (Å²) in [5.74, 6) is -3.76. The number of hydrogen-bond acceptors (Lipinski definition) is 5. The standard InChI is InChI=1S/C33H34N4O6/c1-6-20-15(3)23-11-19-10-18(8-9-28(38)39)31(34-19)22(12-29(40)41)32-30(33(42)43)17(5)25(37-32)14-27-21(7-2)16(4)24(36-27)13-26(20)35-23/h6,11,13-14,18,36-37H,1,7-10,12H2,2-5H3,(H,38,39)(H,40,41)(H,42,43)/t18-/m0/s1. The Morgan fingerprint density at radius 3 is 2.28 bits per heavy atom. The lowest BCUT2D eigenvalue weighted by atomic mass is 9.92. The molecule has 10 heteroatoms. The number of carbonyl (C=O) groups is 3. The number of carboxylic acid groups (broad SMARTS) is 3. The summed E-state index contributed by atoms with van der Waals surface area (Å²) in [7, 11) is 0. The van der Waals surface area contributed by atoms with Gasteiger partial charge < -0.3 is 25.3 Å². The molecule has 0 radical (unpaired) electrons. The molecule has 43 heavy (non-hydrogen) atoms. The first kappa shape index (κ1) is 29.5. The molecule has 0 aliphatic carbocycles. The van der Waals surface area contributed by atoms with E-state index in [1.807, 2.05) is 39.0 Å². The van der Waals surface area contributed by atoms with E-state index in [4.69, 9.17) is 9.97 Å². The molecule has 0 fully saturated rings. The molecule has 0 saturated heterocycles. The fourth-order valence-electron chi connectivity index (χ4n) is 6.24. The van der Waals surface area contributed by atoms with Crippen molar-refractivity contribution >= 4 is 51.1 Å². The first-order chi connectivity index (χ1) is 20.4. The number of H-pyrrole nitrogens is 2. The smallest absolute Gasteiger partial charge is 0.338 e. The van der Waals surface area contributed by atoms with Crippen molar-refractivity contribution < 1.29 is 29.7 Å². The van der Waals surface area contributed by atoms with Crippen molar-refractivity contribution in [1.82, 2.24) is 19.9 Å². The van der Waals surface area contributed by atoms with Crippen molar-refractivity contribution in [1.29, 1.82) is 0 Å². The summed E-state index contributed by atoms with van der Waals surface area (Å²) in [5.41, 5.74) is 9.30. The third-order valence-corrected chi connectivity index (χ3v) is 8.44. The number of aromatic nitrogens is 4. The van der Waals surface area contributed by atoms with Crippen LogP contribution in [-0.2, 0) is 28.9 Å². The van der Waals surface area contributed by atoms with Crippen LogP contribution in [0.1, 0.15) is 88.0 Å². The first-order valence-electron chi connectivity index (χ1n) is 14.2. The zero-order chi connectivity index (χ0) is 31.2. The Kier molecular flexibility index (Phi) is 7.79. The summed E-state index contributed by atoms with van der Waals surface area (Å²) >= 11 is 0. The highest BCUT2D eigenvalue weighted by atomic mass is 16.4. The lowest BCUT2D eigenvalue weighted by Gasteiger charge is -2.11. The van der Waals surface area contributed by atoms with Crippen LogP contribution in [0.25, 0.3) is 33.2 Å². The average Bonchev–Trinajstić information content (AvgIpc) is 3.65. The number of nitrogens with zero attached hydrogens (tertiary/aromatic N) is 2. The van der Waals surface area contributed by atoms with Gasteiger partial charge in [-0.15, -0.1) is 0 Å². The summed E-state index contributed by atoms with van der Waals surface area (Å²) in [6.45, 7) is 11.7. The number of rotatable bonds is 8. The fraction of sp³-hybridized carbons (Fsp3) is 0.303. The number of aromatic amines is 2. The highest BCUT2D eigenvalue weighted by molar-refractivity contribution is 6.02. The van der Waals surface area contributed by atoms with Gasteiger partial charge in [-0.1, -0.05) is 19.6 Å². The van der Waals surface area contributed by atoms with Crippen LogP contribution in [0.3, 0.4) is 0 Å². The second-order valence-electron chi connectivity index (χ2n) is 11.1. The van der Waals surface area contributed by atoms with Crippen molar-refractivity contribution in [2.75, 3.05) is 0 Å². The third-order valence-electron chi connectivity index (χ3n) is 8.44. The number of carboxylic acids is 3. The van der Waals surface area contributed by atoms with E-state index < -0.39 is 30.2 Å². The number of aryl methyl sites for hydroxylation is 3. The van der Waals surface area contributed by atoms with E-state index in [1.165, 1.54) is 0 Å². The summed E-state index contributed by atoms with van der Waals surface area (Å²) in [4.78, 5) is 52.8. The van der Waals surface area contributed by atoms with E-state index >= 15 is 0 Å². The largest absolute Gasteiger partial charge is 0.481 e. The Bertz CT molecular complexity index is 1910. The number of allylic oxidation sites excluding steroid dienone is 3. The first-order valence-corrected chi connectivity index (χ1v) is 14.2. The SMILES string of the molecule is C=CC1=C(C)c2cc3nc(c(CC(=O)O)c4[nH]c(cc5[nH]c(cc1n2)c(C)c5CC)c(C)c4C(=O)O)[C@@H](CCC(=O)O)C3. The van der Waals surface area contributed by atoms with E-state index in [9.17, 15) is 29.7 Å². The highest BCUT2D eigenvalue weighted by Crippen LogP contribution is 2.37. The van der Waals surface area contributed by atoms with Gasteiger partial charge in [-0.25, -0.2) is 9.78 Å². The van der Waals surface area contributed by atoms with Gasteiger partial charge in [0.15, 0.2) is 0 Å². The van der Waals surface area contributed by atoms with Gasteiger partial charge in [0.2, 0.25) is 0 Å². The van der Waals surface area contributed by atoms with Crippen LogP contribution >= 0.6 is 0 Å². The van der Waals surface area contributed by atoms with Crippen molar-refractivity contribution in [2.45, 2.75) is 65.7 Å². The molecular weight excluding hydrogens is 548 g/mol. The molecular formula is C33H34N4O6. The molecule has 2 aliphatic heterocycles. The molecule has 10 nitrogen and oxygen atoms in total. The van der Waals surface area contributed by atoms with E-state index in [1.54, 1.807) is 13.0 Å². The zero-order valence-corrected chi connectivity index (χ0v) is 24.6. The third kappa shape index (κ3) is 5.36. The molecule has 0 saturated carbocycles. The van der Waals surface area contributed by atoms with Gasteiger partial charge in [-0.05, 0) is 80.5 Å². The Labute approximate surface area is 247 Å². The van der Waals surface area contributed by atoms with Crippen LogP contribution in [0.2, 0.25) is 0 Å². The van der Waals surface area contributed by atoms with Crippen molar-refractivity contribution in [3.63, 3.8) is 0 Å². The van der Waals surface area contributed by atoms with Gasteiger partial charge in [0.1, 0.15) is 0 Å². The van der Waals surface area contributed by atoms with Crippen LogP contribution in [0.5, 0.6) is 0 Å². The van der Waals surface area contributed by atoms with Crippen LogP contribution in [0.15, 0.2) is 30.9 Å². The molecule has 3 aromatic rings. The molecule has 5 rings (SSSR count). The molecule has 5 N–H and O–H groups in total. The number of fused-ring (bicyclic) bond motifs is 8. The molecule has 222 valence electrons. The molecule has 0 unspecified atom stereocenters. The number of hydrogen-bond donors (Lipinski definition) is 5. The van der Waals surface area contributed by atoms with Crippen molar-refractivity contribution in [2.24, 2.45) is 0 Å². The summed E-state index contributed by atoms with van der Waals surface area (Å²) in [6, 6.07) is 5.68. The van der Waals surface area contributed by atoms with Crippen molar-refractivity contribution in [3.8, 4) is 0 Å². The van der Waals surface area contributed by atoms with Gasteiger partial charge in [-0.3, -0.25) is 14.6 Å². The lowest BCUT2D eigenvalue weighted by molar-refractivity contribution is -0.137.